The molecule has 0 unspecified atom stereocenters. The standard InChI is InChI=1S/C16H13ClFNOS/c17-11-3-1-10(2-4-11)16(20)19-14-7-8-21-15-6-5-12(18)9-13(14)15/h1-6,9,14H,7-8H2,(H,19,20)/t14-/m0/s1. The Morgan fingerprint density at radius 2 is 2.00 bits per heavy atom. The summed E-state index contributed by atoms with van der Waals surface area (Å²) in [6.07, 6.45) is 0.792. The molecule has 1 heterocycles. The van der Waals surface area contributed by atoms with E-state index in [4.69, 9.17) is 11.6 Å². The van der Waals surface area contributed by atoms with Crippen LogP contribution in [0.1, 0.15) is 28.4 Å². The molecule has 2 aromatic carbocycles. The quantitative estimate of drug-likeness (QED) is 0.885. The van der Waals surface area contributed by atoms with Crippen LogP contribution in [0, 0.1) is 5.82 Å². The molecule has 0 saturated heterocycles. The Bertz CT molecular complexity index is 674. The molecule has 0 spiro atoms. The second-order valence-corrected chi connectivity index (χ2v) is 6.43. The summed E-state index contributed by atoms with van der Waals surface area (Å²) in [5.74, 6) is 0.463. The fraction of sp³-hybridized carbons (Fsp3) is 0.188. The fourth-order valence-electron chi connectivity index (χ4n) is 2.36. The van der Waals surface area contributed by atoms with E-state index in [0.29, 0.717) is 10.6 Å². The molecule has 1 aliphatic rings. The molecule has 2 aromatic rings. The third kappa shape index (κ3) is 3.22. The smallest absolute Gasteiger partial charge is 0.251 e. The molecule has 0 aliphatic carbocycles. The van der Waals surface area contributed by atoms with E-state index in [0.717, 1.165) is 22.6 Å². The molecule has 0 aromatic heterocycles. The van der Waals surface area contributed by atoms with Crippen LogP contribution in [0.25, 0.3) is 0 Å². The van der Waals surface area contributed by atoms with Gasteiger partial charge in [0.05, 0.1) is 6.04 Å². The molecule has 0 bridgehead atoms. The molecule has 3 rings (SSSR count). The predicted octanol–water partition coefficient (Wildman–Crippen LogP) is 4.45. The van der Waals surface area contributed by atoms with Gasteiger partial charge in [-0.25, -0.2) is 4.39 Å². The molecule has 1 atom stereocenters. The van der Waals surface area contributed by atoms with Crippen LogP contribution in [0.4, 0.5) is 4.39 Å². The number of carbonyl (C=O) groups excluding carboxylic acids is 1. The first-order valence-electron chi connectivity index (χ1n) is 6.62. The van der Waals surface area contributed by atoms with Crippen LogP contribution in [0.5, 0.6) is 0 Å². The van der Waals surface area contributed by atoms with E-state index < -0.39 is 0 Å². The minimum absolute atomic E-state index is 0.153. The lowest BCUT2D eigenvalue weighted by molar-refractivity contribution is 0.0935. The molecule has 0 radical (unpaired) electrons. The van der Waals surface area contributed by atoms with Crippen molar-refractivity contribution in [2.24, 2.45) is 0 Å². The number of amides is 1. The number of halogens is 2. The number of fused-ring (bicyclic) bond motifs is 1. The minimum Gasteiger partial charge on any atom is -0.345 e. The number of thioether (sulfide) groups is 1. The Kier molecular flexibility index (Phi) is 4.17. The highest BCUT2D eigenvalue weighted by atomic mass is 35.5. The summed E-state index contributed by atoms with van der Waals surface area (Å²) in [4.78, 5) is 13.3. The third-order valence-electron chi connectivity index (χ3n) is 3.42. The second-order valence-electron chi connectivity index (χ2n) is 4.85. The zero-order valence-corrected chi connectivity index (χ0v) is 12.7. The lowest BCUT2D eigenvalue weighted by atomic mass is 10.0. The molecule has 0 saturated carbocycles. The van der Waals surface area contributed by atoms with E-state index in [-0.39, 0.29) is 17.8 Å². The largest absolute Gasteiger partial charge is 0.345 e. The van der Waals surface area contributed by atoms with Crippen LogP contribution in [0.2, 0.25) is 5.02 Å². The van der Waals surface area contributed by atoms with Crippen molar-refractivity contribution in [2.45, 2.75) is 17.4 Å². The molecular formula is C16H13ClFNOS. The number of hydrogen-bond donors (Lipinski definition) is 1. The Morgan fingerprint density at radius 3 is 2.76 bits per heavy atom. The lowest BCUT2D eigenvalue weighted by Crippen LogP contribution is -2.30. The van der Waals surface area contributed by atoms with Gasteiger partial charge in [0.1, 0.15) is 5.82 Å². The van der Waals surface area contributed by atoms with Crippen molar-refractivity contribution < 1.29 is 9.18 Å². The highest BCUT2D eigenvalue weighted by Crippen LogP contribution is 2.36. The Hall–Kier alpha value is -1.52. The second kappa shape index (κ2) is 6.08. The number of benzene rings is 2. The van der Waals surface area contributed by atoms with E-state index in [1.54, 1.807) is 42.1 Å². The van der Waals surface area contributed by atoms with Crippen molar-refractivity contribution in [3.05, 3.63) is 64.4 Å². The Balaban J connectivity index is 1.81. The molecular weight excluding hydrogens is 309 g/mol. The molecule has 5 heteroatoms. The van der Waals surface area contributed by atoms with Crippen LogP contribution in [0.15, 0.2) is 47.4 Å². The zero-order valence-electron chi connectivity index (χ0n) is 11.1. The van der Waals surface area contributed by atoms with Gasteiger partial charge in [-0.15, -0.1) is 11.8 Å². The number of nitrogens with one attached hydrogen (secondary N) is 1. The Morgan fingerprint density at radius 1 is 1.24 bits per heavy atom. The van der Waals surface area contributed by atoms with E-state index >= 15 is 0 Å². The van der Waals surface area contributed by atoms with Gasteiger partial charge < -0.3 is 5.32 Å². The maximum atomic E-state index is 13.4. The SMILES string of the molecule is O=C(N[C@H]1CCSc2ccc(F)cc21)c1ccc(Cl)cc1. The van der Waals surface area contributed by atoms with Crippen molar-refractivity contribution in [3.63, 3.8) is 0 Å². The normalized spacial score (nSPS) is 17.1. The van der Waals surface area contributed by atoms with Gasteiger partial charge in [-0.05, 0) is 54.4 Å². The van der Waals surface area contributed by atoms with Gasteiger partial charge in [0.25, 0.3) is 5.91 Å². The minimum atomic E-state index is -0.276. The van der Waals surface area contributed by atoms with Gasteiger partial charge >= 0.3 is 0 Å². The molecule has 0 fully saturated rings. The van der Waals surface area contributed by atoms with Crippen LogP contribution in [-0.2, 0) is 0 Å². The van der Waals surface area contributed by atoms with Crippen LogP contribution < -0.4 is 5.32 Å². The summed E-state index contributed by atoms with van der Waals surface area (Å²) in [6, 6.07) is 11.3. The van der Waals surface area contributed by atoms with Gasteiger partial charge in [-0.2, -0.15) is 0 Å². The molecule has 1 N–H and O–H groups in total. The topological polar surface area (TPSA) is 29.1 Å². The van der Waals surface area contributed by atoms with E-state index in [2.05, 4.69) is 5.32 Å². The van der Waals surface area contributed by atoms with Gasteiger partial charge in [-0.3, -0.25) is 4.79 Å². The fourth-order valence-corrected chi connectivity index (χ4v) is 3.59. The maximum Gasteiger partial charge on any atom is 0.251 e. The van der Waals surface area contributed by atoms with Gasteiger partial charge in [-0.1, -0.05) is 11.6 Å². The van der Waals surface area contributed by atoms with E-state index in [1.165, 1.54) is 12.1 Å². The molecule has 1 amide bonds. The first kappa shape index (κ1) is 14.4. The van der Waals surface area contributed by atoms with E-state index in [9.17, 15) is 9.18 Å². The van der Waals surface area contributed by atoms with Crippen molar-refractivity contribution in [3.8, 4) is 0 Å². The number of hydrogen-bond acceptors (Lipinski definition) is 2. The highest BCUT2D eigenvalue weighted by molar-refractivity contribution is 7.99. The first-order chi connectivity index (χ1) is 10.1. The molecule has 2 nitrogen and oxygen atoms in total. The van der Waals surface area contributed by atoms with Crippen molar-refractivity contribution in [1.82, 2.24) is 5.32 Å². The van der Waals surface area contributed by atoms with Gasteiger partial charge in [0.2, 0.25) is 0 Å². The number of carbonyl (C=O) groups is 1. The maximum absolute atomic E-state index is 13.4. The summed E-state index contributed by atoms with van der Waals surface area (Å²) in [7, 11) is 0. The van der Waals surface area contributed by atoms with Crippen LogP contribution in [0.3, 0.4) is 0 Å². The van der Waals surface area contributed by atoms with E-state index in [1.807, 2.05) is 0 Å². The van der Waals surface area contributed by atoms with Crippen molar-refractivity contribution >= 4 is 29.3 Å². The summed E-state index contributed by atoms with van der Waals surface area (Å²) in [6.45, 7) is 0. The highest BCUT2D eigenvalue weighted by Gasteiger charge is 2.23. The van der Waals surface area contributed by atoms with Crippen molar-refractivity contribution in [2.75, 3.05) is 5.75 Å². The van der Waals surface area contributed by atoms with Crippen LogP contribution >= 0.6 is 23.4 Å². The first-order valence-corrected chi connectivity index (χ1v) is 7.98. The third-order valence-corrected chi connectivity index (χ3v) is 4.80. The van der Waals surface area contributed by atoms with Crippen molar-refractivity contribution in [1.29, 1.82) is 0 Å². The lowest BCUT2D eigenvalue weighted by Gasteiger charge is -2.26. The molecule has 108 valence electrons. The summed E-state index contributed by atoms with van der Waals surface area (Å²) in [5.41, 5.74) is 1.41. The predicted molar refractivity (Wildman–Crippen MR) is 83.4 cm³/mol. The summed E-state index contributed by atoms with van der Waals surface area (Å²) < 4.78 is 13.4. The van der Waals surface area contributed by atoms with Gasteiger partial charge in [0.15, 0.2) is 0 Å². The summed E-state index contributed by atoms with van der Waals surface area (Å²) >= 11 is 7.51. The summed E-state index contributed by atoms with van der Waals surface area (Å²) in [5, 5.41) is 3.57. The van der Waals surface area contributed by atoms with Gasteiger partial charge in [0, 0.05) is 21.2 Å². The molecule has 21 heavy (non-hydrogen) atoms. The molecule has 1 aliphatic heterocycles. The van der Waals surface area contributed by atoms with Crippen LogP contribution in [-0.4, -0.2) is 11.7 Å². The monoisotopic (exact) mass is 321 g/mol. The number of rotatable bonds is 2. The zero-order chi connectivity index (χ0) is 14.8. The average Bonchev–Trinajstić information content (AvgIpc) is 2.48. The Labute approximate surface area is 131 Å². The average molecular weight is 322 g/mol.